The summed E-state index contributed by atoms with van der Waals surface area (Å²) in [7, 11) is 0. The first-order valence-electron chi connectivity index (χ1n) is 7.72. The summed E-state index contributed by atoms with van der Waals surface area (Å²) in [6.07, 6.45) is 0. The van der Waals surface area contributed by atoms with Gasteiger partial charge in [0.2, 0.25) is 0 Å². The standard InChI is InChI=1S/C20H14Cl2N2O2/c21-16-8-4-7-14(18(16)22)20(26)24-17-10-9-13(23)11-15(17)19(25)12-5-2-1-3-6-12/h1-11H,23H2,(H,24,26). The van der Waals surface area contributed by atoms with Crippen LogP contribution < -0.4 is 11.1 Å². The van der Waals surface area contributed by atoms with E-state index in [9.17, 15) is 9.59 Å². The van der Waals surface area contributed by atoms with Crippen LogP contribution in [0.15, 0.2) is 66.7 Å². The summed E-state index contributed by atoms with van der Waals surface area (Å²) in [6.45, 7) is 0. The number of amides is 1. The van der Waals surface area contributed by atoms with Crippen molar-refractivity contribution in [2.45, 2.75) is 0 Å². The van der Waals surface area contributed by atoms with Crippen molar-refractivity contribution >= 4 is 46.3 Å². The summed E-state index contributed by atoms with van der Waals surface area (Å²) in [4.78, 5) is 25.4. The van der Waals surface area contributed by atoms with Crippen LogP contribution in [0.4, 0.5) is 11.4 Å². The minimum absolute atomic E-state index is 0.151. The molecular formula is C20H14Cl2N2O2. The molecule has 0 aliphatic carbocycles. The van der Waals surface area contributed by atoms with Crippen LogP contribution in [0.1, 0.15) is 26.3 Å². The molecule has 0 fully saturated rings. The van der Waals surface area contributed by atoms with E-state index in [0.29, 0.717) is 22.5 Å². The third-order valence-electron chi connectivity index (χ3n) is 3.77. The molecule has 3 aromatic rings. The van der Waals surface area contributed by atoms with E-state index in [-0.39, 0.29) is 21.4 Å². The van der Waals surface area contributed by atoms with Crippen LogP contribution in [0.2, 0.25) is 10.0 Å². The first kappa shape index (κ1) is 18.0. The van der Waals surface area contributed by atoms with Crippen LogP contribution in [-0.4, -0.2) is 11.7 Å². The minimum atomic E-state index is -0.468. The predicted molar refractivity (Wildman–Crippen MR) is 105 cm³/mol. The molecule has 0 saturated heterocycles. The van der Waals surface area contributed by atoms with Crippen molar-refractivity contribution in [2.75, 3.05) is 11.1 Å². The summed E-state index contributed by atoms with van der Waals surface area (Å²) < 4.78 is 0. The zero-order chi connectivity index (χ0) is 18.7. The fraction of sp³-hybridized carbons (Fsp3) is 0. The molecule has 6 heteroatoms. The highest BCUT2D eigenvalue weighted by atomic mass is 35.5. The lowest BCUT2D eigenvalue weighted by molar-refractivity contribution is 0.102. The Balaban J connectivity index is 1.97. The number of anilines is 2. The van der Waals surface area contributed by atoms with Crippen molar-refractivity contribution in [1.29, 1.82) is 0 Å². The van der Waals surface area contributed by atoms with Crippen LogP contribution in [0.5, 0.6) is 0 Å². The van der Waals surface area contributed by atoms with Crippen molar-refractivity contribution in [3.8, 4) is 0 Å². The summed E-state index contributed by atoms with van der Waals surface area (Å²) in [5, 5.41) is 3.14. The van der Waals surface area contributed by atoms with E-state index in [0.717, 1.165) is 0 Å². The number of hydrogen-bond acceptors (Lipinski definition) is 3. The minimum Gasteiger partial charge on any atom is -0.399 e. The molecule has 4 nitrogen and oxygen atoms in total. The van der Waals surface area contributed by atoms with E-state index < -0.39 is 5.91 Å². The Morgan fingerprint density at radius 3 is 2.31 bits per heavy atom. The quantitative estimate of drug-likeness (QED) is 0.487. The Morgan fingerprint density at radius 2 is 1.58 bits per heavy atom. The maximum Gasteiger partial charge on any atom is 0.257 e. The van der Waals surface area contributed by atoms with Gasteiger partial charge in [-0.3, -0.25) is 9.59 Å². The molecule has 0 aliphatic rings. The topological polar surface area (TPSA) is 72.2 Å². The Bertz CT molecular complexity index is 988. The van der Waals surface area contributed by atoms with Gasteiger partial charge in [-0.1, -0.05) is 59.6 Å². The van der Waals surface area contributed by atoms with Crippen LogP contribution in [0.3, 0.4) is 0 Å². The number of nitrogens with one attached hydrogen (secondary N) is 1. The number of nitrogen functional groups attached to an aromatic ring is 1. The number of nitrogens with two attached hydrogens (primary N) is 1. The van der Waals surface area contributed by atoms with Gasteiger partial charge in [-0.25, -0.2) is 0 Å². The second-order valence-electron chi connectivity index (χ2n) is 5.56. The van der Waals surface area contributed by atoms with Gasteiger partial charge in [0.1, 0.15) is 0 Å². The van der Waals surface area contributed by atoms with Crippen molar-refractivity contribution in [1.82, 2.24) is 0 Å². The average Bonchev–Trinajstić information content (AvgIpc) is 2.65. The number of halogens is 2. The maximum atomic E-state index is 12.8. The van der Waals surface area contributed by atoms with Gasteiger partial charge in [0.15, 0.2) is 5.78 Å². The molecule has 0 heterocycles. The molecule has 130 valence electrons. The van der Waals surface area contributed by atoms with Gasteiger partial charge in [0, 0.05) is 16.8 Å². The molecular weight excluding hydrogens is 371 g/mol. The third kappa shape index (κ3) is 3.72. The van der Waals surface area contributed by atoms with Gasteiger partial charge in [-0.2, -0.15) is 0 Å². The van der Waals surface area contributed by atoms with E-state index in [1.54, 1.807) is 54.6 Å². The van der Waals surface area contributed by atoms with Gasteiger partial charge in [-0.05, 0) is 30.3 Å². The third-order valence-corrected chi connectivity index (χ3v) is 4.59. The number of rotatable bonds is 4. The van der Waals surface area contributed by atoms with Crippen molar-refractivity contribution < 1.29 is 9.59 Å². The molecule has 0 bridgehead atoms. The largest absolute Gasteiger partial charge is 0.399 e. The summed E-state index contributed by atoms with van der Waals surface area (Å²) in [6, 6.07) is 18.3. The maximum absolute atomic E-state index is 12.8. The van der Waals surface area contributed by atoms with Gasteiger partial charge in [0.25, 0.3) is 5.91 Å². The van der Waals surface area contributed by atoms with E-state index in [1.165, 1.54) is 6.07 Å². The number of benzene rings is 3. The number of carbonyl (C=O) groups excluding carboxylic acids is 2. The predicted octanol–water partition coefficient (Wildman–Crippen LogP) is 5.06. The summed E-state index contributed by atoms with van der Waals surface area (Å²) in [5.74, 6) is -0.713. The summed E-state index contributed by atoms with van der Waals surface area (Å²) in [5.41, 5.74) is 7.59. The highest BCUT2D eigenvalue weighted by molar-refractivity contribution is 6.44. The molecule has 3 N–H and O–H groups in total. The Labute approximate surface area is 160 Å². The van der Waals surface area contributed by atoms with Gasteiger partial charge in [-0.15, -0.1) is 0 Å². The van der Waals surface area contributed by atoms with Crippen molar-refractivity contribution in [3.05, 3.63) is 93.5 Å². The highest BCUT2D eigenvalue weighted by Gasteiger charge is 2.18. The number of hydrogen-bond donors (Lipinski definition) is 2. The van der Waals surface area contributed by atoms with Crippen LogP contribution in [0.25, 0.3) is 0 Å². The number of carbonyl (C=O) groups is 2. The van der Waals surface area contributed by atoms with Crippen molar-refractivity contribution in [3.63, 3.8) is 0 Å². The first-order valence-corrected chi connectivity index (χ1v) is 8.47. The molecule has 26 heavy (non-hydrogen) atoms. The molecule has 0 spiro atoms. The lowest BCUT2D eigenvalue weighted by atomic mass is 10.0. The van der Waals surface area contributed by atoms with Crippen LogP contribution in [-0.2, 0) is 0 Å². The summed E-state index contributed by atoms with van der Waals surface area (Å²) >= 11 is 12.1. The lowest BCUT2D eigenvalue weighted by Crippen LogP contribution is -2.16. The second-order valence-corrected chi connectivity index (χ2v) is 6.34. The lowest BCUT2D eigenvalue weighted by Gasteiger charge is -2.12. The Kier molecular flexibility index (Phi) is 5.26. The van der Waals surface area contributed by atoms with E-state index in [4.69, 9.17) is 28.9 Å². The average molecular weight is 385 g/mol. The molecule has 3 rings (SSSR count). The zero-order valence-corrected chi connectivity index (χ0v) is 15.0. The first-order chi connectivity index (χ1) is 12.5. The van der Waals surface area contributed by atoms with Crippen molar-refractivity contribution in [2.24, 2.45) is 0 Å². The SMILES string of the molecule is Nc1ccc(NC(=O)c2cccc(Cl)c2Cl)c(C(=O)c2ccccc2)c1. The Morgan fingerprint density at radius 1 is 0.846 bits per heavy atom. The second kappa shape index (κ2) is 7.60. The van der Waals surface area contributed by atoms with Gasteiger partial charge in [0.05, 0.1) is 21.3 Å². The van der Waals surface area contributed by atoms with Gasteiger partial charge >= 0.3 is 0 Å². The fourth-order valence-electron chi connectivity index (χ4n) is 2.47. The molecule has 3 aromatic carbocycles. The molecule has 0 radical (unpaired) electrons. The fourth-order valence-corrected chi connectivity index (χ4v) is 2.86. The van der Waals surface area contributed by atoms with Crippen LogP contribution in [0, 0.1) is 0 Å². The monoisotopic (exact) mass is 384 g/mol. The van der Waals surface area contributed by atoms with E-state index >= 15 is 0 Å². The molecule has 0 unspecified atom stereocenters. The normalized spacial score (nSPS) is 10.4. The Hall–Kier alpha value is -2.82. The van der Waals surface area contributed by atoms with E-state index in [1.807, 2.05) is 6.07 Å². The molecule has 0 aromatic heterocycles. The molecule has 1 amide bonds. The number of ketones is 1. The highest BCUT2D eigenvalue weighted by Crippen LogP contribution is 2.28. The van der Waals surface area contributed by atoms with Gasteiger partial charge < -0.3 is 11.1 Å². The smallest absolute Gasteiger partial charge is 0.257 e. The van der Waals surface area contributed by atoms with E-state index in [2.05, 4.69) is 5.32 Å². The zero-order valence-electron chi connectivity index (χ0n) is 13.5. The molecule has 0 aliphatic heterocycles. The van der Waals surface area contributed by atoms with Crippen LogP contribution >= 0.6 is 23.2 Å². The molecule has 0 atom stereocenters. The molecule has 0 saturated carbocycles.